The third-order valence-electron chi connectivity index (χ3n) is 5.29. The van der Waals surface area contributed by atoms with E-state index in [1.54, 1.807) is 4.68 Å². The molecule has 0 atom stereocenters. The molecular formula is C18H24N6O. The van der Waals surface area contributed by atoms with Crippen LogP contribution in [0.4, 0.5) is 5.95 Å². The maximum absolute atomic E-state index is 12.6. The standard InChI is InChI=1S/C18H24N6O/c1-14-6-8-16(9-7-14)24-18(19-20-21-24)23-11-10-22(17(25)13-23)12-15-4-2-3-5-15/h6-9,15H,2-5,10-13H2,1H3. The number of rotatable bonds is 4. The number of aromatic nitrogens is 4. The zero-order valence-electron chi connectivity index (χ0n) is 14.6. The van der Waals surface area contributed by atoms with Crippen LogP contribution in [0.3, 0.4) is 0 Å². The summed E-state index contributed by atoms with van der Waals surface area (Å²) in [6.07, 6.45) is 5.15. The lowest BCUT2D eigenvalue weighted by Crippen LogP contribution is -2.52. The summed E-state index contributed by atoms with van der Waals surface area (Å²) in [6.45, 7) is 4.82. The van der Waals surface area contributed by atoms with Crippen LogP contribution in [0.25, 0.3) is 5.69 Å². The monoisotopic (exact) mass is 340 g/mol. The van der Waals surface area contributed by atoms with Gasteiger partial charge >= 0.3 is 0 Å². The van der Waals surface area contributed by atoms with Gasteiger partial charge in [0, 0.05) is 19.6 Å². The van der Waals surface area contributed by atoms with E-state index in [1.807, 2.05) is 41.0 Å². The SMILES string of the molecule is Cc1ccc(-n2nnnc2N2CCN(CC3CCCC3)C(=O)C2)cc1. The first-order valence-corrected chi connectivity index (χ1v) is 9.09. The van der Waals surface area contributed by atoms with Gasteiger partial charge in [0.2, 0.25) is 5.91 Å². The van der Waals surface area contributed by atoms with Crippen molar-refractivity contribution in [3.63, 3.8) is 0 Å². The van der Waals surface area contributed by atoms with Crippen molar-refractivity contribution in [3.05, 3.63) is 29.8 Å². The highest BCUT2D eigenvalue weighted by Crippen LogP contribution is 2.26. The number of aryl methyl sites for hydroxylation is 1. The van der Waals surface area contributed by atoms with Gasteiger partial charge in [-0.05, 0) is 48.2 Å². The van der Waals surface area contributed by atoms with Crippen LogP contribution in [-0.4, -0.2) is 57.2 Å². The summed E-state index contributed by atoms with van der Waals surface area (Å²) >= 11 is 0. The van der Waals surface area contributed by atoms with E-state index in [4.69, 9.17) is 0 Å². The molecule has 0 bridgehead atoms. The van der Waals surface area contributed by atoms with Gasteiger partial charge in [0.25, 0.3) is 5.95 Å². The van der Waals surface area contributed by atoms with Gasteiger partial charge in [0.05, 0.1) is 5.69 Å². The molecule has 2 fully saturated rings. The summed E-state index contributed by atoms with van der Waals surface area (Å²) < 4.78 is 1.71. The number of benzene rings is 1. The summed E-state index contributed by atoms with van der Waals surface area (Å²) in [5, 5.41) is 12.1. The lowest BCUT2D eigenvalue weighted by Gasteiger charge is -2.35. The molecule has 7 heteroatoms. The summed E-state index contributed by atoms with van der Waals surface area (Å²) in [4.78, 5) is 16.6. The highest BCUT2D eigenvalue weighted by atomic mass is 16.2. The van der Waals surface area contributed by atoms with Gasteiger partial charge in [0.1, 0.15) is 6.54 Å². The van der Waals surface area contributed by atoms with Crippen LogP contribution in [-0.2, 0) is 4.79 Å². The van der Waals surface area contributed by atoms with Crippen molar-refractivity contribution in [2.45, 2.75) is 32.6 Å². The number of hydrogen-bond donors (Lipinski definition) is 0. The lowest BCUT2D eigenvalue weighted by atomic mass is 10.1. The van der Waals surface area contributed by atoms with Crippen LogP contribution in [0.1, 0.15) is 31.2 Å². The molecule has 1 amide bonds. The fraction of sp³-hybridized carbons (Fsp3) is 0.556. The smallest absolute Gasteiger partial charge is 0.250 e. The molecule has 1 saturated carbocycles. The molecule has 1 aliphatic heterocycles. The van der Waals surface area contributed by atoms with Crippen molar-refractivity contribution in [2.75, 3.05) is 31.1 Å². The quantitative estimate of drug-likeness (QED) is 0.849. The van der Waals surface area contributed by atoms with Crippen molar-refractivity contribution in [1.82, 2.24) is 25.1 Å². The number of carbonyl (C=O) groups excluding carboxylic acids is 1. The molecule has 0 radical (unpaired) electrons. The van der Waals surface area contributed by atoms with Crippen molar-refractivity contribution < 1.29 is 4.79 Å². The number of hydrogen-bond acceptors (Lipinski definition) is 5. The van der Waals surface area contributed by atoms with Gasteiger partial charge in [-0.15, -0.1) is 0 Å². The Hall–Kier alpha value is -2.44. The lowest BCUT2D eigenvalue weighted by molar-refractivity contribution is -0.131. The van der Waals surface area contributed by atoms with Gasteiger partial charge in [-0.2, -0.15) is 4.68 Å². The van der Waals surface area contributed by atoms with E-state index in [2.05, 4.69) is 15.5 Å². The molecule has 1 aromatic carbocycles. The first-order valence-electron chi connectivity index (χ1n) is 9.09. The molecule has 1 aromatic heterocycles. The second-order valence-electron chi connectivity index (χ2n) is 7.14. The van der Waals surface area contributed by atoms with Crippen LogP contribution in [0.15, 0.2) is 24.3 Å². The topological polar surface area (TPSA) is 67.2 Å². The second kappa shape index (κ2) is 6.82. The highest BCUT2D eigenvalue weighted by molar-refractivity contribution is 5.82. The predicted octanol–water partition coefficient (Wildman–Crippen LogP) is 1.81. The Bertz CT molecular complexity index is 734. The maximum Gasteiger partial charge on any atom is 0.250 e. The minimum atomic E-state index is 0.177. The van der Waals surface area contributed by atoms with Gasteiger partial charge in [-0.3, -0.25) is 4.79 Å². The van der Waals surface area contributed by atoms with Crippen LogP contribution < -0.4 is 4.90 Å². The van der Waals surface area contributed by atoms with E-state index in [9.17, 15) is 4.79 Å². The molecule has 2 heterocycles. The Balaban J connectivity index is 1.46. The number of nitrogens with zero attached hydrogens (tertiary/aromatic N) is 6. The predicted molar refractivity (Wildman–Crippen MR) is 94.6 cm³/mol. The first-order chi connectivity index (χ1) is 12.2. The fourth-order valence-electron chi connectivity index (χ4n) is 3.81. The third kappa shape index (κ3) is 3.36. The number of anilines is 1. The van der Waals surface area contributed by atoms with E-state index in [-0.39, 0.29) is 5.91 Å². The molecule has 7 nitrogen and oxygen atoms in total. The van der Waals surface area contributed by atoms with Gasteiger partial charge in [0.15, 0.2) is 0 Å². The van der Waals surface area contributed by atoms with Crippen LogP contribution in [0, 0.1) is 12.8 Å². The van der Waals surface area contributed by atoms with Crippen LogP contribution in [0.2, 0.25) is 0 Å². The number of tetrazole rings is 1. The first kappa shape index (κ1) is 16.1. The molecule has 2 aliphatic rings. The average molecular weight is 340 g/mol. The summed E-state index contributed by atoms with van der Waals surface area (Å²) in [7, 11) is 0. The minimum Gasteiger partial charge on any atom is -0.339 e. The van der Waals surface area contributed by atoms with Crippen molar-refractivity contribution in [3.8, 4) is 5.69 Å². The number of amides is 1. The molecule has 0 spiro atoms. The number of piperazine rings is 1. The van der Waals surface area contributed by atoms with Gasteiger partial charge < -0.3 is 9.80 Å². The minimum absolute atomic E-state index is 0.177. The van der Waals surface area contributed by atoms with Gasteiger partial charge in [-0.1, -0.05) is 35.6 Å². The zero-order valence-corrected chi connectivity index (χ0v) is 14.6. The fourth-order valence-corrected chi connectivity index (χ4v) is 3.81. The third-order valence-corrected chi connectivity index (χ3v) is 5.29. The molecule has 25 heavy (non-hydrogen) atoms. The Morgan fingerprint density at radius 2 is 1.88 bits per heavy atom. The second-order valence-corrected chi connectivity index (χ2v) is 7.14. The Morgan fingerprint density at radius 3 is 2.60 bits per heavy atom. The van der Waals surface area contributed by atoms with Crippen LogP contribution in [0.5, 0.6) is 0 Å². The molecule has 4 rings (SSSR count). The highest BCUT2D eigenvalue weighted by Gasteiger charge is 2.29. The van der Waals surface area contributed by atoms with E-state index >= 15 is 0 Å². The van der Waals surface area contributed by atoms with Crippen molar-refractivity contribution >= 4 is 11.9 Å². The summed E-state index contributed by atoms with van der Waals surface area (Å²) in [5.74, 6) is 1.50. The van der Waals surface area contributed by atoms with Gasteiger partial charge in [-0.25, -0.2) is 0 Å². The largest absolute Gasteiger partial charge is 0.339 e. The summed E-state index contributed by atoms with van der Waals surface area (Å²) in [5.41, 5.74) is 2.10. The zero-order chi connectivity index (χ0) is 17.2. The molecule has 0 N–H and O–H groups in total. The van der Waals surface area contributed by atoms with Crippen molar-refractivity contribution in [2.24, 2.45) is 5.92 Å². The molecule has 132 valence electrons. The van der Waals surface area contributed by atoms with E-state index in [0.29, 0.717) is 18.4 Å². The molecule has 1 aliphatic carbocycles. The molecule has 0 unspecified atom stereocenters. The molecule has 2 aromatic rings. The molecular weight excluding hydrogens is 316 g/mol. The van der Waals surface area contributed by atoms with E-state index in [1.165, 1.54) is 31.2 Å². The maximum atomic E-state index is 12.6. The molecule has 1 saturated heterocycles. The Kier molecular flexibility index (Phi) is 4.38. The van der Waals surface area contributed by atoms with E-state index in [0.717, 1.165) is 25.3 Å². The Labute approximate surface area is 147 Å². The summed E-state index contributed by atoms with van der Waals surface area (Å²) in [6, 6.07) is 8.05. The normalized spacial score (nSPS) is 19.0. The average Bonchev–Trinajstić information content (AvgIpc) is 3.29. The van der Waals surface area contributed by atoms with E-state index < -0.39 is 0 Å². The van der Waals surface area contributed by atoms with Crippen molar-refractivity contribution in [1.29, 1.82) is 0 Å². The Morgan fingerprint density at radius 1 is 1.12 bits per heavy atom. The van der Waals surface area contributed by atoms with Crippen LogP contribution >= 0.6 is 0 Å². The number of carbonyl (C=O) groups is 1.